The second-order valence-electron chi connectivity index (χ2n) is 5.81. The zero-order valence-corrected chi connectivity index (χ0v) is 14.3. The first-order valence-corrected chi connectivity index (χ1v) is 8.45. The van der Waals surface area contributed by atoms with Crippen molar-refractivity contribution in [3.63, 3.8) is 0 Å². The Morgan fingerprint density at radius 2 is 1.88 bits per heavy atom. The van der Waals surface area contributed by atoms with Gasteiger partial charge in [0.25, 0.3) is 0 Å². The highest BCUT2D eigenvalue weighted by Crippen LogP contribution is 2.15. The number of carbonyl (C=O) groups excluding carboxylic acids is 1. The number of esters is 1. The number of allylic oxidation sites excluding steroid dienone is 1. The lowest BCUT2D eigenvalue weighted by Gasteiger charge is -2.05. The highest BCUT2D eigenvalue weighted by molar-refractivity contribution is 5.83. The molecule has 126 valence electrons. The molecule has 0 aliphatic heterocycles. The molecule has 4 nitrogen and oxygen atoms in total. The van der Waals surface area contributed by atoms with Crippen molar-refractivity contribution in [1.29, 1.82) is 0 Å². The van der Waals surface area contributed by atoms with E-state index in [0.29, 0.717) is 0 Å². The summed E-state index contributed by atoms with van der Waals surface area (Å²) in [7, 11) is 0. The van der Waals surface area contributed by atoms with Crippen LogP contribution in [-0.4, -0.2) is 15.9 Å². The van der Waals surface area contributed by atoms with Crippen molar-refractivity contribution < 1.29 is 9.53 Å². The average Bonchev–Trinajstić information content (AvgIpc) is 2.62. The summed E-state index contributed by atoms with van der Waals surface area (Å²) < 4.78 is 5.13. The van der Waals surface area contributed by atoms with Gasteiger partial charge in [0.2, 0.25) is 0 Å². The van der Waals surface area contributed by atoms with Gasteiger partial charge in [0.1, 0.15) is 0 Å². The van der Waals surface area contributed by atoms with Gasteiger partial charge in [0.15, 0.2) is 0 Å². The Morgan fingerprint density at radius 3 is 2.54 bits per heavy atom. The van der Waals surface area contributed by atoms with Crippen LogP contribution in [0.4, 0.5) is 0 Å². The summed E-state index contributed by atoms with van der Waals surface area (Å²) in [6, 6.07) is 10.1. The zero-order chi connectivity index (χ0) is 17.2. The number of nitrogens with zero attached hydrogens (tertiary/aromatic N) is 2. The number of benzene rings is 1. The molecule has 0 amide bonds. The van der Waals surface area contributed by atoms with E-state index >= 15 is 0 Å². The Bertz CT molecular complexity index is 651. The SMILES string of the molecule is CCCCCc1cnc(OC(=O)/C=C/C(C)c2ccccc2)nc1. The molecule has 0 radical (unpaired) electrons. The minimum Gasteiger partial charge on any atom is -0.388 e. The Morgan fingerprint density at radius 1 is 1.17 bits per heavy atom. The average molecular weight is 324 g/mol. The summed E-state index contributed by atoms with van der Waals surface area (Å²) in [5.41, 5.74) is 2.21. The molecular formula is C20H24N2O2. The molecule has 1 unspecified atom stereocenters. The van der Waals surface area contributed by atoms with Crippen LogP contribution in [-0.2, 0) is 11.2 Å². The van der Waals surface area contributed by atoms with Crippen molar-refractivity contribution in [2.45, 2.75) is 45.4 Å². The number of aryl methyl sites for hydroxylation is 1. The number of hydrogen-bond acceptors (Lipinski definition) is 4. The van der Waals surface area contributed by atoms with Crippen LogP contribution in [0.1, 0.15) is 50.2 Å². The van der Waals surface area contributed by atoms with E-state index in [4.69, 9.17) is 4.74 Å². The number of rotatable bonds is 8. The molecule has 1 heterocycles. The van der Waals surface area contributed by atoms with Crippen LogP contribution < -0.4 is 4.74 Å². The van der Waals surface area contributed by atoms with Gasteiger partial charge in [-0.1, -0.05) is 63.1 Å². The fourth-order valence-corrected chi connectivity index (χ4v) is 2.32. The molecule has 2 aromatic rings. The van der Waals surface area contributed by atoms with Crippen LogP contribution in [0.5, 0.6) is 6.01 Å². The van der Waals surface area contributed by atoms with Gasteiger partial charge in [-0.3, -0.25) is 0 Å². The number of unbranched alkanes of at least 4 members (excludes halogenated alkanes) is 2. The second-order valence-corrected chi connectivity index (χ2v) is 5.81. The molecule has 0 spiro atoms. The molecule has 4 heteroatoms. The minimum atomic E-state index is -0.462. The fourth-order valence-electron chi connectivity index (χ4n) is 2.32. The monoisotopic (exact) mass is 324 g/mol. The van der Waals surface area contributed by atoms with E-state index in [1.165, 1.54) is 18.9 Å². The predicted octanol–water partition coefficient (Wildman–Crippen LogP) is 4.47. The van der Waals surface area contributed by atoms with Crippen LogP contribution >= 0.6 is 0 Å². The van der Waals surface area contributed by atoms with Gasteiger partial charge in [-0.05, 0) is 29.9 Å². The Hall–Kier alpha value is -2.49. The number of ether oxygens (including phenoxy) is 1. The first kappa shape index (κ1) is 17.9. The van der Waals surface area contributed by atoms with Gasteiger partial charge >= 0.3 is 12.0 Å². The molecule has 0 aliphatic carbocycles. The predicted molar refractivity (Wildman–Crippen MR) is 94.9 cm³/mol. The van der Waals surface area contributed by atoms with E-state index in [1.807, 2.05) is 43.3 Å². The van der Waals surface area contributed by atoms with Gasteiger partial charge < -0.3 is 4.74 Å². The first-order valence-electron chi connectivity index (χ1n) is 8.45. The van der Waals surface area contributed by atoms with E-state index in [1.54, 1.807) is 12.4 Å². The lowest BCUT2D eigenvalue weighted by molar-refractivity contribution is -0.129. The largest absolute Gasteiger partial charge is 0.388 e. The van der Waals surface area contributed by atoms with E-state index in [-0.39, 0.29) is 11.9 Å². The standard InChI is InChI=1S/C20H24N2O2/c1-3-4-6-9-17-14-21-20(22-15-17)24-19(23)13-12-16(2)18-10-7-5-8-11-18/h5,7-8,10-16H,3-4,6,9H2,1-2H3/b13-12+. The van der Waals surface area contributed by atoms with Crippen molar-refractivity contribution in [2.24, 2.45) is 0 Å². The second kappa shape index (κ2) is 9.60. The molecule has 1 atom stereocenters. The van der Waals surface area contributed by atoms with E-state index in [2.05, 4.69) is 16.9 Å². The molecule has 0 N–H and O–H groups in total. The molecule has 0 aliphatic rings. The number of hydrogen-bond donors (Lipinski definition) is 0. The maximum Gasteiger partial charge on any atom is 0.338 e. The molecule has 24 heavy (non-hydrogen) atoms. The summed E-state index contributed by atoms with van der Waals surface area (Å²) in [4.78, 5) is 20.0. The molecule has 2 rings (SSSR count). The van der Waals surface area contributed by atoms with Crippen molar-refractivity contribution in [2.75, 3.05) is 0 Å². The van der Waals surface area contributed by atoms with Crippen molar-refractivity contribution in [3.05, 3.63) is 66.0 Å². The summed E-state index contributed by atoms with van der Waals surface area (Å²) in [5, 5.41) is 0. The Labute approximate surface area is 143 Å². The topological polar surface area (TPSA) is 52.1 Å². The Kier molecular flexibility index (Phi) is 7.15. The van der Waals surface area contributed by atoms with E-state index in [9.17, 15) is 4.79 Å². The first-order chi connectivity index (χ1) is 11.7. The van der Waals surface area contributed by atoms with Crippen LogP contribution in [0.25, 0.3) is 0 Å². The molecule has 0 saturated carbocycles. The highest BCUT2D eigenvalue weighted by atomic mass is 16.5. The smallest absolute Gasteiger partial charge is 0.338 e. The van der Waals surface area contributed by atoms with Crippen LogP contribution in [0.2, 0.25) is 0 Å². The quantitative estimate of drug-likeness (QED) is 0.408. The van der Waals surface area contributed by atoms with Gasteiger partial charge in [-0.15, -0.1) is 0 Å². The molecule has 0 bridgehead atoms. The minimum absolute atomic E-state index is 0.0938. The van der Waals surface area contributed by atoms with E-state index in [0.717, 1.165) is 24.0 Å². The highest BCUT2D eigenvalue weighted by Gasteiger charge is 2.06. The maximum atomic E-state index is 11.9. The van der Waals surface area contributed by atoms with Crippen molar-refractivity contribution in [3.8, 4) is 6.01 Å². The van der Waals surface area contributed by atoms with Crippen LogP contribution in [0.3, 0.4) is 0 Å². The third-order valence-corrected chi connectivity index (χ3v) is 3.79. The summed E-state index contributed by atoms with van der Waals surface area (Å²) in [6.45, 7) is 4.20. The molecular weight excluding hydrogens is 300 g/mol. The molecule has 1 aromatic carbocycles. The molecule has 0 fully saturated rings. The maximum absolute atomic E-state index is 11.9. The third kappa shape index (κ3) is 5.95. The zero-order valence-electron chi connectivity index (χ0n) is 14.3. The number of carbonyl (C=O) groups is 1. The van der Waals surface area contributed by atoms with Gasteiger partial charge in [-0.25, -0.2) is 14.8 Å². The van der Waals surface area contributed by atoms with Gasteiger partial charge in [-0.2, -0.15) is 0 Å². The summed E-state index contributed by atoms with van der Waals surface area (Å²) in [5.74, 6) is -0.322. The Balaban J connectivity index is 1.84. The van der Waals surface area contributed by atoms with Gasteiger partial charge in [0.05, 0.1) is 0 Å². The summed E-state index contributed by atoms with van der Waals surface area (Å²) >= 11 is 0. The van der Waals surface area contributed by atoms with Crippen molar-refractivity contribution in [1.82, 2.24) is 9.97 Å². The third-order valence-electron chi connectivity index (χ3n) is 3.79. The fraction of sp³-hybridized carbons (Fsp3) is 0.350. The lowest BCUT2D eigenvalue weighted by atomic mass is 10.0. The van der Waals surface area contributed by atoms with Crippen LogP contribution in [0, 0.1) is 0 Å². The normalized spacial score (nSPS) is 12.2. The van der Waals surface area contributed by atoms with Crippen molar-refractivity contribution >= 4 is 5.97 Å². The van der Waals surface area contributed by atoms with Gasteiger partial charge in [0, 0.05) is 18.5 Å². The lowest BCUT2D eigenvalue weighted by Crippen LogP contribution is -2.07. The summed E-state index contributed by atoms with van der Waals surface area (Å²) in [6.07, 6.45) is 11.2. The van der Waals surface area contributed by atoms with Crippen LogP contribution in [0.15, 0.2) is 54.9 Å². The van der Waals surface area contributed by atoms with E-state index < -0.39 is 5.97 Å². The molecule has 1 aromatic heterocycles. The molecule has 0 saturated heterocycles. The number of aromatic nitrogens is 2.